The van der Waals surface area contributed by atoms with E-state index in [0.29, 0.717) is 28.6 Å². The molecule has 0 radical (unpaired) electrons. The van der Waals surface area contributed by atoms with Crippen LogP contribution < -0.4 is 15.4 Å². The van der Waals surface area contributed by atoms with Gasteiger partial charge in [-0.15, -0.1) is 0 Å². The zero-order chi connectivity index (χ0) is 19.1. The van der Waals surface area contributed by atoms with E-state index in [0.717, 1.165) is 0 Å². The molecule has 2 rings (SSSR count). The van der Waals surface area contributed by atoms with Crippen molar-refractivity contribution >= 4 is 29.1 Å². The molecule has 0 unspecified atom stereocenters. The third-order valence-corrected chi connectivity index (χ3v) is 4.12. The van der Waals surface area contributed by atoms with Crippen molar-refractivity contribution in [1.82, 2.24) is 5.32 Å². The van der Waals surface area contributed by atoms with Crippen LogP contribution in [0.5, 0.6) is 5.75 Å². The largest absolute Gasteiger partial charge is 0.494 e. The topological polar surface area (TPSA) is 67.4 Å². The van der Waals surface area contributed by atoms with Gasteiger partial charge in [-0.2, -0.15) is 0 Å². The second kappa shape index (κ2) is 9.25. The Morgan fingerprint density at radius 3 is 2.31 bits per heavy atom. The zero-order valence-electron chi connectivity index (χ0n) is 15.1. The number of carbonyl (C=O) groups is 2. The highest BCUT2D eigenvalue weighted by molar-refractivity contribution is 6.33. The molecule has 2 aromatic rings. The fraction of sp³-hybridized carbons (Fsp3) is 0.300. The third-order valence-electron chi connectivity index (χ3n) is 3.79. The van der Waals surface area contributed by atoms with Gasteiger partial charge >= 0.3 is 0 Å². The first-order chi connectivity index (χ1) is 12.4. The minimum atomic E-state index is -0.689. The first kappa shape index (κ1) is 19.8. The number of ether oxygens (including phenoxy) is 1. The van der Waals surface area contributed by atoms with Crippen molar-refractivity contribution in [1.29, 1.82) is 0 Å². The molecule has 0 aromatic heterocycles. The number of hydrogen-bond donors (Lipinski definition) is 2. The molecule has 0 aliphatic heterocycles. The van der Waals surface area contributed by atoms with Crippen molar-refractivity contribution in [2.75, 3.05) is 11.9 Å². The lowest BCUT2D eigenvalue weighted by atomic mass is 10.0. The second-order valence-corrected chi connectivity index (χ2v) is 6.53. The summed E-state index contributed by atoms with van der Waals surface area (Å²) in [6.45, 7) is 6.19. The maximum Gasteiger partial charge on any atom is 0.251 e. The molecule has 2 aromatic carbocycles. The van der Waals surface area contributed by atoms with Crippen LogP contribution in [0.4, 0.5) is 5.69 Å². The molecular formula is C20H23ClN2O3. The molecule has 138 valence electrons. The van der Waals surface area contributed by atoms with Gasteiger partial charge in [0.25, 0.3) is 5.91 Å². The summed E-state index contributed by atoms with van der Waals surface area (Å²) in [7, 11) is 0. The van der Waals surface area contributed by atoms with Crippen LogP contribution in [0.25, 0.3) is 0 Å². The van der Waals surface area contributed by atoms with Crippen LogP contribution >= 0.6 is 11.6 Å². The number of hydrogen-bond acceptors (Lipinski definition) is 3. The number of halogens is 1. The first-order valence-electron chi connectivity index (χ1n) is 8.51. The molecule has 0 heterocycles. The van der Waals surface area contributed by atoms with Crippen LogP contribution in [0, 0.1) is 5.92 Å². The van der Waals surface area contributed by atoms with Crippen molar-refractivity contribution in [3.8, 4) is 5.75 Å². The van der Waals surface area contributed by atoms with Crippen LogP contribution in [0.3, 0.4) is 0 Å². The molecule has 0 aliphatic rings. The van der Waals surface area contributed by atoms with Gasteiger partial charge in [0.1, 0.15) is 11.8 Å². The van der Waals surface area contributed by atoms with Crippen molar-refractivity contribution in [2.45, 2.75) is 26.8 Å². The minimum absolute atomic E-state index is 0.0934. The number of amides is 2. The summed E-state index contributed by atoms with van der Waals surface area (Å²) in [6.07, 6.45) is 0. The average molecular weight is 375 g/mol. The van der Waals surface area contributed by atoms with E-state index < -0.39 is 6.04 Å². The van der Waals surface area contributed by atoms with Crippen LogP contribution in [0.15, 0.2) is 48.5 Å². The van der Waals surface area contributed by atoms with E-state index in [1.165, 1.54) is 0 Å². The monoisotopic (exact) mass is 374 g/mol. The lowest BCUT2D eigenvalue weighted by Gasteiger charge is -2.22. The number of para-hydroxylation sites is 1. The van der Waals surface area contributed by atoms with Crippen LogP contribution in [0.2, 0.25) is 5.02 Å². The molecule has 0 spiro atoms. The standard InChI is InChI=1S/C20H23ClN2O3/c1-4-26-15-11-9-14(10-12-15)19(24)23-18(13(2)3)20(25)22-17-8-6-5-7-16(17)21/h5-13,18H,4H2,1-3H3,(H,22,25)(H,23,24)/t18-/m0/s1. The average Bonchev–Trinajstić information content (AvgIpc) is 2.62. The Labute approximate surface area is 158 Å². The molecule has 5 nitrogen and oxygen atoms in total. The summed E-state index contributed by atoms with van der Waals surface area (Å²) in [6, 6.07) is 13.1. The smallest absolute Gasteiger partial charge is 0.251 e. The highest BCUT2D eigenvalue weighted by Crippen LogP contribution is 2.21. The number of carbonyl (C=O) groups excluding carboxylic acids is 2. The highest BCUT2D eigenvalue weighted by atomic mass is 35.5. The van der Waals surface area contributed by atoms with E-state index >= 15 is 0 Å². The summed E-state index contributed by atoms with van der Waals surface area (Å²) in [5.41, 5.74) is 0.977. The Morgan fingerprint density at radius 1 is 1.08 bits per heavy atom. The molecular weight excluding hydrogens is 352 g/mol. The van der Waals surface area contributed by atoms with E-state index in [4.69, 9.17) is 16.3 Å². The van der Waals surface area contributed by atoms with Crippen molar-refractivity contribution < 1.29 is 14.3 Å². The number of rotatable bonds is 7. The van der Waals surface area contributed by atoms with Gasteiger partial charge in [-0.25, -0.2) is 0 Å². The summed E-state index contributed by atoms with van der Waals surface area (Å²) in [4.78, 5) is 25.1. The molecule has 1 atom stereocenters. The summed E-state index contributed by atoms with van der Waals surface area (Å²) < 4.78 is 5.37. The lowest BCUT2D eigenvalue weighted by molar-refractivity contribution is -0.118. The quantitative estimate of drug-likeness (QED) is 0.765. The van der Waals surface area contributed by atoms with E-state index in [2.05, 4.69) is 10.6 Å². The van der Waals surface area contributed by atoms with E-state index in [-0.39, 0.29) is 17.7 Å². The Morgan fingerprint density at radius 2 is 1.73 bits per heavy atom. The van der Waals surface area contributed by atoms with Gasteiger partial charge in [-0.3, -0.25) is 9.59 Å². The maximum absolute atomic E-state index is 12.6. The second-order valence-electron chi connectivity index (χ2n) is 6.12. The summed E-state index contributed by atoms with van der Waals surface area (Å²) >= 11 is 6.08. The molecule has 0 aliphatic carbocycles. The van der Waals surface area contributed by atoms with E-state index in [1.54, 1.807) is 48.5 Å². The van der Waals surface area contributed by atoms with Gasteiger partial charge in [-0.1, -0.05) is 37.6 Å². The van der Waals surface area contributed by atoms with Crippen molar-refractivity contribution in [3.63, 3.8) is 0 Å². The maximum atomic E-state index is 12.6. The first-order valence-corrected chi connectivity index (χ1v) is 8.89. The van der Waals surface area contributed by atoms with Crippen molar-refractivity contribution in [3.05, 3.63) is 59.1 Å². The van der Waals surface area contributed by atoms with Crippen molar-refractivity contribution in [2.24, 2.45) is 5.92 Å². The zero-order valence-corrected chi connectivity index (χ0v) is 15.8. The fourth-order valence-electron chi connectivity index (χ4n) is 2.40. The summed E-state index contributed by atoms with van der Waals surface area (Å²) in [5.74, 6) is -0.0292. The fourth-order valence-corrected chi connectivity index (χ4v) is 2.58. The van der Waals surface area contributed by atoms with E-state index in [9.17, 15) is 9.59 Å². The molecule has 2 N–H and O–H groups in total. The number of anilines is 1. The predicted molar refractivity (Wildman–Crippen MR) is 104 cm³/mol. The molecule has 0 saturated heterocycles. The Balaban J connectivity index is 2.08. The Hall–Kier alpha value is -2.53. The molecule has 26 heavy (non-hydrogen) atoms. The van der Waals surface area contributed by atoms with Gasteiger partial charge in [0.05, 0.1) is 17.3 Å². The van der Waals surface area contributed by atoms with E-state index in [1.807, 2.05) is 20.8 Å². The number of nitrogens with one attached hydrogen (secondary N) is 2. The molecule has 6 heteroatoms. The molecule has 0 bridgehead atoms. The molecule has 0 saturated carbocycles. The van der Waals surface area contributed by atoms with Gasteiger partial charge in [0.15, 0.2) is 0 Å². The normalized spacial score (nSPS) is 11.7. The molecule has 0 fully saturated rings. The van der Waals surface area contributed by atoms with Gasteiger partial charge in [0.2, 0.25) is 5.91 Å². The predicted octanol–water partition coefficient (Wildman–Crippen LogP) is 4.13. The lowest BCUT2D eigenvalue weighted by Crippen LogP contribution is -2.47. The highest BCUT2D eigenvalue weighted by Gasteiger charge is 2.25. The Kier molecular flexibility index (Phi) is 7.04. The SMILES string of the molecule is CCOc1ccc(C(=O)N[C@H](C(=O)Nc2ccccc2Cl)C(C)C)cc1. The van der Waals surface area contributed by atoms with Gasteiger partial charge in [-0.05, 0) is 49.2 Å². The van der Waals surface area contributed by atoms with Crippen LogP contribution in [-0.4, -0.2) is 24.5 Å². The summed E-state index contributed by atoms with van der Waals surface area (Å²) in [5, 5.41) is 6.00. The number of benzene rings is 2. The Bertz CT molecular complexity index is 760. The van der Waals surface area contributed by atoms with Crippen LogP contribution in [0.1, 0.15) is 31.1 Å². The van der Waals surface area contributed by atoms with Gasteiger partial charge < -0.3 is 15.4 Å². The van der Waals surface area contributed by atoms with Crippen LogP contribution in [-0.2, 0) is 4.79 Å². The third kappa shape index (κ3) is 5.23. The molecule has 2 amide bonds. The van der Waals surface area contributed by atoms with Gasteiger partial charge in [0, 0.05) is 5.56 Å². The minimum Gasteiger partial charge on any atom is -0.494 e.